The van der Waals surface area contributed by atoms with Gasteiger partial charge in [-0.1, -0.05) is 17.7 Å². The second kappa shape index (κ2) is 8.31. The number of rotatable bonds is 4. The quantitative estimate of drug-likeness (QED) is 0.628. The summed E-state index contributed by atoms with van der Waals surface area (Å²) < 4.78 is 16.3. The molecule has 1 amide bonds. The van der Waals surface area contributed by atoms with Crippen LogP contribution in [0.4, 0.5) is 5.69 Å². The molecule has 7 nitrogen and oxygen atoms in total. The fourth-order valence-electron chi connectivity index (χ4n) is 3.08. The van der Waals surface area contributed by atoms with Gasteiger partial charge in [-0.15, -0.1) is 0 Å². The molecule has 2 N–H and O–H groups in total. The average molecular weight is 381 g/mol. The van der Waals surface area contributed by atoms with Crippen LogP contribution in [0.3, 0.4) is 0 Å². The fraction of sp³-hybridized carbons (Fsp3) is 0.333. The number of aryl methyl sites for hydroxylation is 1. The van der Waals surface area contributed by atoms with Crippen LogP contribution in [0.25, 0.3) is 0 Å². The molecule has 0 aromatic heterocycles. The molecular weight excluding hydrogens is 358 g/mol. The normalized spacial score (nSPS) is 18.2. The van der Waals surface area contributed by atoms with Gasteiger partial charge in [-0.3, -0.25) is 10.1 Å². The number of carbonyl (C=O) groups is 1. The number of nitrogens with zero attached hydrogens (tertiary/aromatic N) is 1. The van der Waals surface area contributed by atoms with Gasteiger partial charge < -0.3 is 19.5 Å². The molecule has 4 rings (SSSR count). The van der Waals surface area contributed by atoms with Crippen molar-refractivity contribution in [3.05, 3.63) is 53.6 Å². The van der Waals surface area contributed by atoms with Crippen molar-refractivity contribution in [2.45, 2.75) is 25.9 Å². The molecule has 146 valence electrons. The van der Waals surface area contributed by atoms with E-state index in [1.54, 1.807) is 18.2 Å². The third kappa shape index (κ3) is 4.43. The van der Waals surface area contributed by atoms with Gasteiger partial charge in [-0.05, 0) is 50.1 Å². The van der Waals surface area contributed by atoms with Gasteiger partial charge in [0.05, 0.1) is 12.6 Å². The molecule has 1 saturated heterocycles. The summed E-state index contributed by atoms with van der Waals surface area (Å²) in [5.41, 5.74) is 2.48. The Morgan fingerprint density at radius 3 is 2.75 bits per heavy atom. The molecule has 2 aromatic carbocycles. The number of ether oxygens (including phenoxy) is 3. The topological polar surface area (TPSA) is 81.2 Å². The van der Waals surface area contributed by atoms with Crippen molar-refractivity contribution < 1.29 is 19.0 Å². The Morgan fingerprint density at radius 1 is 1.14 bits per heavy atom. The van der Waals surface area contributed by atoms with Crippen LogP contribution in [-0.4, -0.2) is 37.9 Å². The van der Waals surface area contributed by atoms with Gasteiger partial charge in [0.25, 0.3) is 5.91 Å². The Kier molecular flexibility index (Phi) is 5.43. The Labute approximate surface area is 163 Å². The van der Waals surface area contributed by atoms with E-state index in [0.29, 0.717) is 29.6 Å². The van der Waals surface area contributed by atoms with E-state index < -0.39 is 0 Å². The molecule has 0 bridgehead atoms. The lowest BCUT2D eigenvalue weighted by molar-refractivity contribution is 0.0975. The molecule has 0 aliphatic carbocycles. The average Bonchev–Trinajstić information content (AvgIpc) is 3.38. The molecule has 0 saturated carbocycles. The van der Waals surface area contributed by atoms with Gasteiger partial charge in [0.1, 0.15) is 0 Å². The van der Waals surface area contributed by atoms with E-state index in [4.69, 9.17) is 14.2 Å². The Bertz CT molecular complexity index is 874. The van der Waals surface area contributed by atoms with Crippen LogP contribution < -0.4 is 20.1 Å². The summed E-state index contributed by atoms with van der Waals surface area (Å²) in [6.07, 6.45) is 2.12. The third-order valence-corrected chi connectivity index (χ3v) is 4.66. The van der Waals surface area contributed by atoms with Crippen molar-refractivity contribution in [1.82, 2.24) is 5.32 Å². The molecule has 2 heterocycles. The zero-order chi connectivity index (χ0) is 19.3. The first-order valence-corrected chi connectivity index (χ1v) is 9.38. The van der Waals surface area contributed by atoms with Crippen molar-refractivity contribution in [3.63, 3.8) is 0 Å². The first-order valence-electron chi connectivity index (χ1n) is 9.38. The van der Waals surface area contributed by atoms with E-state index in [-0.39, 0.29) is 18.8 Å². The zero-order valence-corrected chi connectivity index (χ0v) is 15.7. The summed E-state index contributed by atoms with van der Waals surface area (Å²) in [4.78, 5) is 17.3. The van der Waals surface area contributed by atoms with E-state index >= 15 is 0 Å². The standard InChI is InChI=1S/C21H23N3O4/c1-14-4-7-16(8-5-14)23-21(22-12-17-3-2-10-26-17)24-20(25)15-6-9-18-19(11-15)28-13-27-18/h4-9,11,17H,2-3,10,12-13H2,1H3,(H2,22,23,24,25)/t17-/m1/s1. The van der Waals surface area contributed by atoms with Gasteiger partial charge in [-0.25, -0.2) is 4.99 Å². The van der Waals surface area contributed by atoms with Crippen LogP contribution in [-0.2, 0) is 4.74 Å². The van der Waals surface area contributed by atoms with Gasteiger partial charge in [0, 0.05) is 17.9 Å². The number of amides is 1. The first-order chi connectivity index (χ1) is 13.7. The number of nitrogens with one attached hydrogen (secondary N) is 2. The lowest BCUT2D eigenvalue weighted by Crippen LogP contribution is -2.36. The zero-order valence-electron chi connectivity index (χ0n) is 15.7. The number of fused-ring (bicyclic) bond motifs is 1. The summed E-state index contributed by atoms with van der Waals surface area (Å²) in [5.74, 6) is 1.32. The minimum Gasteiger partial charge on any atom is -0.454 e. The highest BCUT2D eigenvalue weighted by Crippen LogP contribution is 2.32. The van der Waals surface area contributed by atoms with Crippen molar-refractivity contribution in [1.29, 1.82) is 0 Å². The predicted octanol–water partition coefficient (Wildman–Crippen LogP) is 3.10. The number of hydrogen-bond acceptors (Lipinski definition) is 5. The van der Waals surface area contributed by atoms with Crippen LogP contribution in [0.2, 0.25) is 0 Å². The van der Waals surface area contributed by atoms with Crippen LogP contribution in [0.5, 0.6) is 11.5 Å². The van der Waals surface area contributed by atoms with Crippen molar-refractivity contribution in [2.75, 3.05) is 25.3 Å². The number of benzene rings is 2. The number of hydrogen-bond donors (Lipinski definition) is 2. The molecule has 0 spiro atoms. The second-order valence-corrected chi connectivity index (χ2v) is 6.84. The molecule has 28 heavy (non-hydrogen) atoms. The SMILES string of the molecule is Cc1ccc(NC(=NC[C@H]2CCCO2)NC(=O)c2ccc3c(c2)OCO3)cc1. The maximum Gasteiger partial charge on any atom is 0.258 e. The number of aliphatic imine (C=N–C) groups is 1. The highest BCUT2D eigenvalue weighted by Gasteiger charge is 2.18. The van der Waals surface area contributed by atoms with E-state index in [9.17, 15) is 4.79 Å². The Morgan fingerprint density at radius 2 is 1.96 bits per heavy atom. The van der Waals surface area contributed by atoms with E-state index in [1.807, 2.05) is 31.2 Å². The highest BCUT2D eigenvalue weighted by molar-refractivity contribution is 6.10. The van der Waals surface area contributed by atoms with E-state index in [0.717, 1.165) is 30.7 Å². The van der Waals surface area contributed by atoms with E-state index in [1.165, 1.54) is 0 Å². The van der Waals surface area contributed by atoms with E-state index in [2.05, 4.69) is 15.6 Å². The van der Waals surface area contributed by atoms with Crippen LogP contribution >= 0.6 is 0 Å². The van der Waals surface area contributed by atoms with Gasteiger partial charge in [0.15, 0.2) is 11.5 Å². The monoisotopic (exact) mass is 381 g/mol. The van der Waals surface area contributed by atoms with Crippen molar-refractivity contribution >= 4 is 17.6 Å². The van der Waals surface area contributed by atoms with Gasteiger partial charge in [-0.2, -0.15) is 0 Å². The van der Waals surface area contributed by atoms with Gasteiger partial charge >= 0.3 is 0 Å². The number of anilines is 1. The Balaban J connectivity index is 1.49. The van der Waals surface area contributed by atoms with Crippen LogP contribution in [0.1, 0.15) is 28.8 Å². The molecule has 1 fully saturated rings. The third-order valence-electron chi connectivity index (χ3n) is 4.66. The maximum absolute atomic E-state index is 12.7. The largest absolute Gasteiger partial charge is 0.454 e. The highest BCUT2D eigenvalue weighted by atomic mass is 16.7. The number of guanidine groups is 1. The molecule has 7 heteroatoms. The summed E-state index contributed by atoms with van der Waals surface area (Å²) in [6, 6.07) is 13.0. The molecule has 2 aromatic rings. The minimum atomic E-state index is -0.274. The summed E-state index contributed by atoms with van der Waals surface area (Å²) in [6.45, 7) is 3.46. The summed E-state index contributed by atoms with van der Waals surface area (Å²) in [5, 5.41) is 6.05. The summed E-state index contributed by atoms with van der Waals surface area (Å²) >= 11 is 0. The smallest absolute Gasteiger partial charge is 0.258 e. The molecule has 2 aliphatic heterocycles. The second-order valence-electron chi connectivity index (χ2n) is 6.84. The molecule has 2 aliphatic rings. The number of carbonyl (C=O) groups excluding carboxylic acids is 1. The summed E-state index contributed by atoms with van der Waals surface area (Å²) in [7, 11) is 0. The minimum absolute atomic E-state index is 0.0947. The Hall–Kier alpha value is -3.06. The molecule has 1 atom stereocenters. The van der Waals surface area contributed by atoms with Crippen LogP contribution in [0, 0.1) is 6.92 Å². The maximum atomic E-state index is 12.7. The molecular formula is C21H23N3O4. The first kappa shape index (κ1) is 18.3. The van der Waals surface area contributed by atoms with Crippen molar-refractivity contribution in [3.8, 4) is 11.5 Å². The van der Waals surface area contributed by atoms with Gasteiger partial charge in [0.2, 0.25) is 12.8 Å². The van der Waals surface area contributed by atoms with Crippen molar-refractivity contribution in [2.24, 2.45) is 4.99 Å². The lowest BCUT2D eigenvalue weighted by Gasteiger charge is -2.14. The van der Waals surface area contributed by atoms with Crippen LogP contribution in [0.15, 0.2) is 47.5 Å². The lowest BCUT2D eigenvalue weighted by atomic mass is 10.2. The fourth-order valence-corrected chi connectivity index (χ4v) is 3.08. The molecule has 0 unspecified atom stereocenters. The predicted molar refractivity (Wildman–Crippen MR) is 106 cm³/mol. The molecule has 0 radical (unpaired) electrons.